The van der Waals surface area contributed by atoms with Gasteiger partial charge in [-0.15, -0.1) is 0 Å². The Morgan fingerprint density at radius 1 is 1.18 bits per heavy atom. The van der Waals surface area contributed by atoms with Crippen molar-refractivity contribution in [2.45, 2.75) is 12.5 Å². The molecule has 3 rings (SSSR count). The predicted octanol–water partition coefficient (Wildman–Crippen LogP) is 2.19. The van der Waals surface area contributed by atoms with Crippen molar-refractivity contribution in [1.29, 1.82) is 0 Å². The molecule has 1 fully saturated rings. The van der Waals surface area contributed by atoms with Crippen LogP contribution in [0, 0.1) is 5.92 Å². The number of carbonyl (C=O) groups excluding carboxylic acids is 3. The summed E-state index contributed by atoms with van der Waals surface area (Å²) in [6.07, 6.45) is 2.08. The summed E-state index contributed by atoms with van der Waals surface area (Å²) in [5, 5.41) is 0. The van der Waals surface area contributed by atoms with Gasteiger partial charge in [0.05, 0.1) is 19.4 Å². The number of furan rings is 1. The number of benzene rings is 1. The van der Waals surface area contributed by atoms with Gasteiger partial charge in [-0.3, -0.25) is 14.4 Å². The van der Waals surface area contributed by atoms with Gasteiger partial charge in [-0.1, -0.05) is 12.1 Å². The summed E-state index contributed by atoms with van der Waals surface area (Å²) < 4.78 is 10.4. The molecule has 148 valence electrons. The predicted molar refractivity (Wildman–Crippen MR) is 102 cm³/mol. The molecule has 28 heavy (non-hydrogen) atoms. The van der Waals surface area contributed by atoms with Crippen molar-refractivity contribution in [3.8, 4) is 5.75 Å². The molecular formula is C21H24N2O5. The van der Waals surface area contributed by atoms with E-state index >= 15 is 0 Å². The topological polar surface area (TPSA) is 80.1 Å². The van der Waals surface area contributed by atoms with Crippen molar-refractivity contribution in [2.75, 3.05) is 34.3 Å². The molecule has 0 spiro atoms. The van der Waals surface area contributed by atoms with E-state index in [0.717, 1.165) is 12.1 Å². The molecule has 0 aliphatic carbocycles. The van der Waals surface area contributed by atoms with Gasteiger partial charge in [0.1, 0.15) is 11.7 Å². The highest BCUT2D eigenvalue weighted by Gasteiger charge is 2.52. The third-order valence-corrected chi connectivity index (χ3v) is 4.91. The molecule has 0 N–H and O–H groups in total. The maximum absolute atomic E-state index is 13.0. The highest BCUT2D eigenvalue weighted by molar-refractivity contribution is 6.43. The summed E-state index contributed by atoms with van der Waals surface area (Å²) in [7, 11) is 5.46. The summed E-state index contributed by atoms with van der Waals surface area (Å²) in [5.41, 5.74) is 0.717. The lowest BCUT2D eigenvalue weighted by Crippen LogP contribution is -2.33. The van der Waals surface area contributed by atoms with Gasteiger partial charge in [0, 0.05) is 6.54 Å². The van der Waals surface area contributed by atoms with Crippen molar-refractivity contribution in [3.05, 3.63) is 54.0 Å². The van der Waals surface area contributed by atoms with Crippen molar-refractivity contribution in [1.82, 2.24) is 9.80 Å². The van der Waals surface area contributed by atoms with Gasteiger partial charge in [0.25, 0.3) is 5.91 Å². The number of carbonyl (C=O) groups is 3. The van der Waals surface area contributed by atoms with E-state index < -0.39 is 29.4 Å². The van der Waals surface area contributed by atoms with E-state index in [-0.39, 0.29) is 5.76 Å². The molecule has 1 aromatic heterocycles. The van der Waals surface area contributed by atoms with E-state index in [2.05, 4.69) is 0 Å². The number of likely N-dealkylation sites (tertiary alicyclic amines) is 1. The summed E-state index contributed by atoms with van der Waals surface area (Å²) in [5.74, 6) is -2.16. The number of hydrogen-bond donors (Lipinski definition) is 0. The second-order valence-corrected chi connectivity index (χ2v) is 7.06. The van der Waals surface area contributed by atoms with Gasteiger partial charge in [0.15, 0.2) is 5.76 Å². The van der Waals surface area contributed by atoms with E-state index in [1.54, 1.807) is 37.4 Å². The fourth-order valence-corrected chi connectivity index (χ4v) is 3.53. The molecular weight excluding hydrogens is 360 g/mol. The minimum atomic E-state index is -1.12. The van der Waals surface area contributed by atoms with Gasteiger partial charge in [-0.25, -0.2) is 0 Å². The Labute approximate surface area is 163 Å². The number of methoxy groups -OCH3 is 1. The molecule has 7 heteroatoms. The van der Waals surface area contributed by atoms with Crippen LogP contribution >= 0.6 is 0 Å². The lowest BCUT2D eigenvalue weighted by atomic mass is 9.88. The van der Waals surface area contributed by atoms with Gasteiger partial charge in [0.2, 0.25) is 11.6 Å². The second kappa shape index (κ2) is 8.39. The van der Waals surface area contributed by atoms with Crippen LogP contribution in [0.4, 0.5) is 0 Å². The molecule has 2 aromatic rings. The fraction of sp³-hybridized carbons (Fsp3) is 0.381. The largest absolute Gasteiger partial charge is 0.497 e. The zero-order chi connectivity index (χ0) is 20.3. The van der Waals surface area contributed by atoms with E-state index in [1.165, 1.54) is 17.2 Å². The Morgan fingerprint density at radius 2 is 1.89 bits per heavy atom. The number of amides is 1. The van der Waals surface area contributed by atoms with Crippen LogP contribution in [0.25, 0.3) is 0 Å². The number of nitrogens with zero attached hydrogens (tertiary/aromatic N) is 2. The van der Waals surface area contributed by atoms with Crippen molar-refractivity contribution < 1.29 is 23.5 Å². The smallest absolute Gasteiger partial charge is 0.291 e. The number of ketones is 2. The molecule has 2 heterocycles. The number of hydrogen-bond acceptors (Lipinski definition) is 6. The van der Waals surface area contributed by atoms with Crippen LogP contribution in [-0.2, 0) is 9.59 Å². The van der Waals surface area contributed by atoms with Crippen molar-refractivity contribution in [3.63, 3.8) is 0 Å². The molecule has 1 aromatic carbocycles. The minimum absolute atomic E-state index is 0.0832. The van der Waals surface area contributed by atoms with E-state index in [4.69, 9.17) is 9.15 Å². The maximum Gasteiger partial charge on any atom is 0.291 e. The van der Waals surface area contributed by atoms with E-state index in [0.29, 0.717) is 18.7 Å². The Bertz CT molecular complexity index is 842. The summed E-state index contributed by atoms with van der Waals surface area (Å²) >= 11 is 0. The Balaban J connectivity index is 1.96. The lowest BCUT2D eigenvalue weighted by Gasteiger charge is -2.27. The van der Waals surface area contributed by atoms with Gasteiger partial charge in [-0.05, 0) is 56.9 Å². The molecule has 1 saturated heterocycles. The molecule has 0 saturated carbocycles. The Kier molecular flexibility index (Phi) is 5.94. The number of rotatable bonds is 8. The molecule has 2 atom stereocenters. The first-order chi connectivity index (χ1) is 13.4. The van der Waals surface area contributed by atoms with Crippen LogP contribution in [0.5, 0.6) is 5.75 Å². The van der Waals surface area contributed by atoms with Crippen LogP contribution in [0.3, 0.4) is 0 Å². The van der Waals surface area contributed by atoms with Gasteiger partial charge in [-0.2, -0.15) is 0 Å². The first-order valence-electron chi connectivity index (χ1n) is 9.15. The quantitative estimate of drug-likeness (QED) is 0.394. The van der Waals surface area contributed by atoms with Crippen LogP contribution in [0.2, 0.25) is 0 Å². The third-order valence-electron chi connectivity index (χ3n) is 4.91. The SMILES string of the molecule is COc1ccc(C2C(C(=O)c3ccco3)C(=O)C(=O)N2CCCN(C)C)cc1. The lowest BCUT2D eigenvalue weighted by molar-refractivity contribution is -0.140. The van der Waals surface area contributed by atoms with Gasteiger partial charge >= 0.3 is 0 Å². The summed E-state index contributed by atoms with van der Waals surface area (Å²) in [4.78, 5) is 42.0. The average molecular weight is 384 g/mol. The van der Waals surface area contributed by atoms with Crippen LogP contribution in [0.1, 0.15) is 28.6 Å². The zero-order valence-electron chi connectivity index (χ0n) is 16.3. The van der Waals surface area contributed by atoms with Crippen LogP contribution < -0.4 is 4.74 Å². The third kappa shape index (κ3) is 3.84. The second-order valence-electron chi connectivity index (χ2n) is 7.06. The highest BCUT2D eigenvalue weighted by atomic mass is 16.5. The van der Waals surface area contributed by atoms with Gasteiger partial charge < -0.3 is 19.0 Å². The standard InChI is InChI=1S/C21H24N2O5/c1-22(2)11-5-12-23-18(14-7-9-15(27-3)10-8-14)17(20(25)21(23)26)19(24)16-6-4-13-28-16/h4,6-10,13,17-18H,5,11-12H2,1-3H3. The fourth-order valence-electron chi connectivity index (χ4n) is 3.53. The summed E-state index contributed by atoms with van der Waals surface area (Å²) in [6.45, 7) is 1.16. The molecule has 1 aliphatic heterocycles. The highest BCUT2D eigenvalue weighted by Crippen LogP contribution is 2.38. The van der Waals surface area contributed by atoms with Crippen molar-refractivity contribution >= 4 is 17.5 Å². The summed E-state index contributed by atoms with van der Waals surface area (Å²) in [6, 6.07) is 9.54. The minimum Gasteiger partial charge on any atom is -0.497 e. The zero-order valence-corrected chi connectivity index (χ0v) is 16.3. The first kappa shape index (κ1) is 19.8. The van der Waals surface area contributed by atoms with Crippen LogP contribution in [0.15, 0.2) is 47.1 Å². The molecule has 0 bridgehead atoms. The molecule has 2 unspecified atom stereocenters. The maximum atomic E-state index is 13.0. The van der Waals surface area contributed by atoms with E-state index in [9.17, 15) is 14.4 Å². The Hall–Kier alpha value is -2.93. The first-order valence-corrected chi connectivity index (χ1v) is 9.15. The Morgan fingerprint density at radius 3 is 2.46 bits per heavy atom. The molecule has 0 radical (unpaired) electrons. The monoisotopic (exact) mass is 384 g/mol. The number of ether oxygens (including phenoxy) is 1. The van der Waals surface area contributed by atoms with Crippen LogP contribution in [-0.4, -0.2) is 61.6 Å². The number of Topliss-reactive ketones (excluding diaryl/α,β-unsaturated/α-hetero) is 2. The molecule has 1 amide bonds. The molecule has 1 aliphatic rings. The molecule has 7 nitrogen and oxygen atoms in total. The normalized spacial score (nSPS) is 19.5. The van der Waals surface area contributed by atoms with E-state index in [1.807, 2.05) is 19.0 Å². The average Bonchev–Trinajstić information content (AvgIpc) is 3.30. The van der Waals surface area contributed by atoms with Crippen molar-refractivity contribution in [2.24, 2.45) is 5.92 Å².